The number of aromatic nitrogens is 1. The van der Waals surface area contributed by atoms with Crippen LogP contribution >= 0.6 is 11.5 Å². The number of nitriles is 1. The number of anilines is 2. The Morgan fingerprint density at radius 3 is 3.00 bits per heavy atom. The number of hydrogen-bond donors (Lipinski definition) is 1. The second kappa shape index (κ2) is 5.53. The monoisotopic (exact) mass is 226 g/mol. The van der Waals surface area contributed by atoms with Crippen LogP contribution in [0.4, 0.5) is 10.8 Å². The summed E-state index contributed by atoms with van der Waals surface area (Å²) in [5.74, 6) is 0.306. The van der Waals surface area contributed by atoms with E-state index < -0.39 is 0 Å². The number of rotatable bonds is 5. The summed E-state index contributed by atoms with van der Waals surface area (Å²) < 4.78 is 9.19. The lowest BCUT2D eigenvalue weighted by Crippen LogP contribution is -2.22. The van der Waals surface area contributed by atoms with Crippen molar-refractivity contribution < 1.29 is 4.74 Å². The first-order chi connectivity index (χ1) is 7.20. The molecule has 1 aromatic heterocycles. The number of likely N-dealkylation sites (N-methyl/N-ethyl adjacent to an activating group) is 1. The van der Waals surface area contributed by atoms with Gasteiger partial charge in [0.2, 0.25) is 0 Å². The molecular weight excluding hydrogens is 212 g/mol. The Labute approximate surface area is 93.2 Å². The number of nitrogens with two attached hydrogens (primary N) is 1. The van der Waals surface area contributed by atoms with Crippen LogP contribution in [0.2, 0.25) is 0 Å². The summed E-state index contributed by atoms with van der Waals surface area (Å²) in [5, 5.41) is 9.69. The molecule has 0 amide bonds. The maximum Gasteiger partial charge on any atom is 0.157 e. The van der Waals surface area contributed by atoms with Crippen molar-refractivity contribution >= 4 is 22.4 Å². The minimum absolute atomic E-state index is 0.306. The largest absolute Gasteiger partial charge is 0.382 e. The Morgan fingerprint density at radius 2 is 2.40 bits per heavy atom. The Balaban J connectivity index is 2.65. The zero-order valence-electron chi connectivity index (χ0n) is 8.86. The van der Waals surface area contributed by atoms with E-state index in [9.17, 15) is 0 Å². The van der Waals surface area contributed by atoms with Gasteiger partial charge in [-0.2, -0.15) is 9.64 Å². The standard InChI is InChI=1S/C9H14N4OS/c1-3-14-5-4-13(2)9-7(6-10)8(11)12-15-9/h3-5H2,1-2H3,(H2,11,12). The van der Waals surface area contributed by atoms with E-state index in [-0.39, 0.29) is 0 Å². The van der Waals surface area contributed by atoms with Crippen LogP contribution in [0.1, 0.15) is 12.5 Å². The third-order valence-electron chi connectivity index (χ3n) is 1.93. The van der Waals surface area contributed by atoms with Gasteiger partial charge in [-0.25, -0.2) is 0 Å². The van der Waals surface area contributed by atoms with Crippen LogP contribution in [0.3, 0.4) is 0 Å². The van der Waals surface area contributed by atoms with Gasteiger partial charge in [-0.15, -0.1) is 0 Å². The van der Waals surface area contributed by atoms with Gasteiger partial charge >= 0.3 is 0 Å². The topological polar surface area (TPSA) is 75.2 Å². The molecule has 5 nitrogen and oxygen atoms in total. The average molecular weight is 226 g/mol. The molecule has 0 radical (unpaired) electrons. The van der Waals surface area contributed by atoms with Crippen molar-refractivity contribution in [2.45, 2.75) is 6.92 Å². The summed E-state index contributed by atoms with van der Waals surface area (Å²) in [7, 11) is 1.90. The van der Waals surface area contributed by atoms with E-state index in [0.717, 1.165) is 11.5 Å². The Morgan fingerprint density at radius 1 is 1.67 bits per heavy atom. The Hall–Kier alpha value is -1.32. The summed E-state index contributed by atoms with van der Waals surface area (Å²) in [6.45, 7) is 4.01. The van der Waals surface area contributed by atoms with E-state index >= 15 is 0 Å². The minimum atomic E-state index is 0.306. The fraction of sp³-hybridized carbons (Fsp3) is 0.556. The molecule has 15 heavy (non-hydrogen) atoms. The third kappa shape index (κ3) is 2.81. The molecule has 1 aromatic rings. The van der Waals surface area contributed by atoms with Crippen LogP contribution in [0.25, 0.3) is 0 Å². The highest BCUT2D eigenvalue weighted by atomic mass is 32.1. The van der Waals surface area contributed by atoms with E-state index in [1.54, 1.807) is 0 Å². The Bertz CT molecular complexity index is 357. The summed E-state index contributed by atoms with van der Waals surface area (Å²) in [6, 6.07) is 2.06. The highest BCUT2D eigenvalue weighted by Crippen LogP contribution is 2.28. The molecule has 0 spiro atoms. The van der Waals surface area contributed by atoms with Crippen molar-refractivity contribution in [3.63, 3.8) is 0 Å². The number of hydrogen-bond acceptors (Lipinski definition) is 6. The molecule has 0 aliphatic heterocycles. The molecule has 6 heteroatoms. The lowest BCUT2D eigenvalue weighted by atomic mass is 10.3. The van der Waals surface area contributed by atoms with Gasteiger partial charge in [0.05, 0.1) is 6.61 Å². The summed E-state index contributed by atoms with van der Waals surface area (Å²) >= 11 is 1.24. The van der Waals surface area contributed by atoms with E-state index in [2.05, 4.69) is 10.4 Å². The van der Waals surface area contributed by atoms with Gasteiger partial charge in [-0.05, 0) is 18.5 Å². The second-order valence-electron chi connectivity index (χ2n) is 2.98. The van der Waals surface area contributed by atoms with Crippen LogP contribution in [0, 0.1) is 11.3 Å². The molecular formula is C9H14N4OS. The fourth-order valence-electron chi connectivity index (χ4n) is 1.11. The van der Waals surface area contributed by atoms with E-state index in [1.807, 2.05) is 18.9 Å². The number of ether oxygens (including phenoxy) is 1. The molecule has 2 N–H and O–H groups in total. The maximum atomic E-state index is 8.89. The predicted octanol–water partition coefficient (Wildman–Crippen LogP) is 1.07. The fourth-order valence-corrected chi connectivity index (χ4v) is 1.85. The first kappa shape index (κ1) is 11.8. The summed E-state index contributed by atoms with van der Waals surface area (Å²) in [5.41, 5.74) is 6.02. The van der Waals surface area contributed by atoms with E-state index in [4.69, 9.17) is 15.7 Å². The van der Waals surface area contributed by atoms with Crippen molar-refractivity contribution in [3.05, 3.63) is 5.56 Å². The van der Waals surface area contributed by atoms with Crippen molar-refractivity contribution in [1.82, 2.24) is 4.37 Å². The molecule has 0 fully saturated rings. The van der Waals surface area contributed by atoms with Gasteiger partial charge < -0.3 is 15.4 Å². The van der Waals surface area contributed by atoms with Gasteiger partial charge in [-0.3, -0.25) is 0 Å². The number of nitrogen functional groups attached to an aromatic ring is 1. The van der Waals surface area contributed by atoms with Crippen molar-refractivity contribution in [2.24, 2.45) is 0 Å². The average Bonchev–Trinajstić information content (AvgIpc) is 2.59. The van der Waals surface area contributed by atoms with Gasteiger partial charge in [0.25, 0.3) is 0 Å². The lowest BCUT2D eigenvalue weighted by molar-refractivity contribution is 0.154. The highest BCUT2D eigenvalue weighted by Gasteiger charge is 2.14. The molecule has 0 aliphatic rings. The molecule has 1 rings (SSSR count). The third-order valence-corrected chi connectivity index (χ3v) is 2.91. The first-order valence-electron chi connectivity index (χ1n) is 4.64. The first-order valence-corrected chi connectivity index (χ1v) is 5.42. The zero-order chi connectivity index (χ0) is 11.3. The molecule has 0 aromatic carbocycles. The van der Waals surface area contributed by atoms with E-state index in [0.29, 0.717) is 24.6 Å². The smallest absolute Gasteiger partial charge is 0.157 e. The van der Waals surface area contributed by atoms with E-state index in [1.165, 1.54) is 11.5 Å². The minimum Gasteiger partial charge on any atom is -0.382 e. The summed E-state index contributed by atoms with van der Waals surface area (Å²) in [6.07, 6.45) is 0. The molecule has 0 saturated heterocycles. The van der Waals surface area contributed by atoms with Crippen LogP contribution in [0.5, 0.6) is 0 Å². The van der Waals surface area contributed by atoms with Gasteiger partial charge in [0.15, 0.2) is 5.82 Å². The zero-order valence-corrected chi connectivity index (χ0v) is 9.67. The normalized spacial score (nSPS) is 9.93. The lowest BCUT2D eigenvalue weighted by Gasteiger charge is -2.16. The molecule has 0 atom stereocenters. The SMILES string of the molecule is CCOCCN(C)c1snc(N)c1C#N. The highest BCUT2D eigenvalue weighted by molar-refractivity contribution is 7.10. The van der Waals surface area contributed by atoms with Crippen LogP contribution in [-0.2, 0) is 4.74 Å². The van der Waals surface area contributed by atoms with Crippen molar-refractivity contribution in [2.75, 3.05) is 37.4 Å². The van der Waals surface area contributed by atoms with Crippen molar-refractivity contribution in [3.8, 4) is 6.07 Å². The van der Waals surface area contributed by atoms with Crippen LogP contribution in [0.15, 0.2) is 0 Å². The second-order valence-corrected chi connectivity index (χ2v) is 3.73. The molecule has 0 bridgehead atoms. The van der Waals surface area contributed by atoms with Gasteiger partial charge in [-0.1, -0.05) is 0 Å². The van der Waals surface area contributed by atoms with Gasteiger partial charge in [0.1, 0.15) is 16.6 Å². The molecule has 0 unspecified atom stereocenters. The Kier molecular flexibility index (Phi) is 4.34. The maximum absolute atomic E-state index is 8.89. The summed E-state index contributed by atoms with van der Waals surface area (Å²) in [4.78, 5) is 1.93. The number of nitrogens with zero attached hydrogens (tertiary/aromatic N) is 3. The quantitative estimate of drug-likeness (QED) is 0.760. The molecule has 0 aliphatic carbocycles. The van der Waals surface area contributed by atoms with Crippen LogP contribution in [-0.4, -0.2) is 31.2 Å². The van der Waals surface area contributed by atoms with Crippen LogP contribution < -0.4 is 10.6 Å². The van der Waals surface area contributed by atoms with Gasteiger partial charge in [0, 0.05) is 20.2 Å². The van der Waals surface area contributed by atoms with Crippen molar-refractivity contribution in [1.29, 1.82) is 5.26 Å². The molecule has 0 saturated carbocycles. The predicted molar refractivity (Wildman–Crippen MR) is 61.0 cm³/mol. The molecule has 1 heterocycles. The molecule has 82 valence electrons.